The summed E-state index contributed by atoms with van der Waals surface area (Å²) in [5.41, 5.74) is 4.08. The molecular weight excluding hydrogens is 473 g/mol. The van der Waals surface area contributed by atoms with Crippen molar-refractivity contribution in [3.8, 4) is 0 Å². The number of benzene rings is 1. The number of alkyl halides is 3. The molecule has 0 saturated heterocycles. The van der Waals surface area contributed by atoms with Crippen LogP contribution < -0.4 is 10.6 Å². The fraction of sp³-hybridized carbons (Fsp3) is 0.320. The van der Waals surface area contributed by atoms with Gasteiger partial charge in [-0.1, -0.05) is 24.3 Å². The van der Waals surface area contributed by atoms with Crippen LogP contribution in [0.25, 0.3) is 0 Å². The lowest BCUT2D eigenvalue weighted by Crippen LogP contribution is -2.36. The number of anilines is 2. The average Bonchev–Trinajstić information content (AvgIpc) is 3.56. The monoisotopic (exact) mass is 498 g/mol. The summed E-state index contributed by atoms with van der Waals surface area (Å²) in [7, 11) is 0. The topological polar surface area (TPSA) is 89.9 Å². The van der Waals surface area contributed by atoms with E-state index >= 15 is 0 Å². The first-order valence-corrected chi connectivity index (χ1v) is 11.5. The number of hydrogen-bond donors (Lipinski definition) is 2. The highest BCUT2D eigenvalue weighted by Gasteiger charge is 2.47. The first-order valence-electron chi connectivity index (χ1n) is 11.5. The molecule has 0 radical (unpaired) electrons. The molecule has 3 aromatic heterocycles. The number of carbonyl (C=O) groups excluding carboxylic acids is 1. The predicted octanol–water partition coefficient (Wildman–Crippen LogP) is 5.56. The number of amides is 1. The van der Waals surface area contributed by atoms with Gasteiger partial charge in [-0.25, -0.2) is 4.68 Å². The lowest BCUT2D eigenvalue weighted by atomic mass is 10.0. The van der Waals surface area contributed by atoms with Crippen LogP contribution in [0.3, 0.4) is 0 Å². The zero-order chi connectivity index (χ0) is 25.6. The molecule has 36 heavy (non-hydrogen) atoms. The smallest absolute Gasteiger partial charge is 0.410 e. The predicted molar refractivity (Wildman–Crippen MR) is 127 cm³/mol. The third kappa shape index (κ3) is 4.25. The van der Waals surface area contributed by atoms with Crippen molar-refractivity contribution >= 4 is 17.4 Å². The van der Waals surface area contributed by atoms with Crippen molar-refractivity contribution in [2.45, 2.75) is 52.0 Å². The summed E-state index contributed by atoms with van der Waals surface area (Å²) < 4.78 is 49.6. The highest BCUT2D eigenvalue weighted by atomic mass is 19.4. The van der Waals surface area contributed by atoms with E-state index in [1.54, 1.807) is 23.7 Å². The minimum absolute atomic E-state index is 0.00552. The maximum absolute atomic E-state index is 13.9. The minimum atomic E-state index is -4.55. The number of aryl methyl sites for hydroxylation is 2. The van der Waals surface area contributed by atoms with Gasteiger partial charge in [0.25, 0.3) is 5.91 Å². The number of hydrogen-bond acceptors (Lipinski definition) is 5. The van der Waals surface area contributed by atoms with Gasteiger partial charge in [0, 0.05) is 6.42 Å². The second-order valence-corrected chi connectivity index (χ2v) is 8.94. The quantitative estimate of drug-likeness (QED) is 0.376. The first-order chi connectivity index (χ1) is 17.1. The van der Waals surface area contributed by atoms with Crippen LogP contribution in [-0.4, -0.2) is 31.6 Å². The Bertz CT molecular complexity index is 1400. The van der Waals surface area contributed by atoms with Crippen molar-refractivity contribution in [1.82, 2.24) is 19.6 Å². The van der Waals surface area contributed by atoms with E-state index in [-0.39, 0.29) is 17.8 Å². The van der Waals surface area contributed by atoms with Gasteiger partial charge in [-0.15, -0.1) is 0 Å². The van der Waals surface area contributed by atoms with Gasteiger partial charge >= 0.3 is 6.18 Å². The lowest BCUT2D eigenvalue weighted by molar-refractivity contribution is -0.174. The van der Waals surface area contributed by atoms with E-state index in [1.807, 2.05) is 38.1 Å². The summed E-state index contributed by atoms with van der Waals surface area (Å²) in [6, 6.07) is 8.51. The summed E-state index contributed by atoms with van der Waals surface area (Å²) in [6.45, 7) is 6.16. The second-order valence-electron chi connectivity index (χ2n) is 8.94. The van der Waals surface area contributed by atoms with Crippen LogP contribution in [0.1, 0.15) is 57.1 Å². The van der Waals surface area contributed by atoms with E-state index < -0.39 is 24.2 Å². The van der Waals surface area contributed by atoms with Gasteiger partial charge in [-0.2, -0.15) is 23.4 Å². The molecule has 4 aromatic rings. The zero-order valence-corrected chi connectivity index (χ0v) is 19.9. The van der Waals surface area contributed by atoms with Crippen molar-refractivity contribution in [2.75, 3.05) is 10.6 Å². The summed E-state index contributed by atoms with van der Waals surface area (Å²) >= 11 is 0. The molecule has 0 fully saturated rings. The van der Waals surface area contributed by atoms with E-state index in [9.17, 15) is 18.0 Å². The molecule has 11 heteroatoms. The molecular formula is C25H25F3N6O2. The molecule has 1 aromatic carbocycles. The maximum atomic E-state index is 13.9. The second kappa shape index (κ2) is 8.89. The van der Waals surface area contributed by atoms with Crippen LogP contribution in [-0.2, 0) is 6.54 Å². The number of fused-ring (bicyclic) bond motifs is 1. The Kier molecular flexibility index (Phi) is 5.85. The number of nitrogens with zero attached hydrogens (tertiary/aromatic N) is 4. The van der Waals surface area contributed by atoms with Crippen LogP contribution in [0.4, 0.5) is 24.7 Å². The van der Waals surface area contributed by atoms with Crippen molar-refractivity contribution < 1.29 is 22.4 Å². The van der Waals surface area contributed by atoms with Crippen LogP contribution in [0, 0.1) is 20.8 Å². The van der Waals surface area contributed by atoms with Crippen molar-refractivity contribution in [1.29, 1.82) is 0 Å². The fourth-order valence-electron chi connectivity index (χ4n) is 4.57. The van der Waals surface area contributed by atoms with Crippen molar-refractivity contribution in [3.63, 3.8) is 0 Å². The minimum Gasteiger partial charge on any atom is -0.467 e. The molecule has 2 atom stereocenters. The standard InChI is InChI=1S/C25H25F3N6O2/c1-14-7-4-5-8-17(14)13-33-16(3)22(15(2)32-33)31-24(35)18-12-29-34-21(25(26,27)28)11-19(30-23(18)34)20-9-6-10-36-20/h4-10,12,19,21,30H,11,13H2,1-3H3,(H,31,35)/t19-,21+/m0/s1. The number of halogens is 3. The van der Waals surface area contributed by atoms with E-state index in [1.165, 1.54) is 6.26 Å². The molecule has 2 N–H and O–H groups in total. The molecule has 188 valence electrons. The Balaban J connectivity index is 1.44. The maximum Gasteiger partial charge on any atom is 0.410 e. The largest absolute Gasteiger partial charge is 0.467 e. The third-order valence-corrected chi connectivity index (χ3v) is 6.57. The number of nitrogens with one attached hydrogen (secondary N) is 2. The molecule has 5 rings (SSSR count). The molecule has 0 bridgehead atoms. The molecule has 8 nitrogen and oxygen atoms in total. The zero-order valence-electron chi connectivity index (χ0n) is 19.9. The molecule has 0 aliphatic carbocycles. The molecule has 0 saturated carbocycles. The van der Waals surface area contributed by atoms with Crippen LogP contribution in [0.2, 0.25) is 0 Å². The third-order valence-electron chi connectivity index (χ3n) is 6.57. The van der Waals surface area contributed by atoms with Gasteiger partial charge in [0.15, 0.2) is 6.04 Å². The summed E-state index contributed by atoms with van der Waals surface area (Å²) in [5.74, 6) is -0.233. The van der Waals surface area contributed by atoms with Gasteiger partial charge < -0.3 is 15.1 Å². The Morgan fingerprint density at radius 3 is 2.67 bits per heavy atom. The molecule has 1 aliphatic rings. The molecule has 0 spiro atoms. The highest BCUT2D eigenvalue weighted by molar-refractivity contribution is 6.08. The lowest BCUT2D eigenvalue weighted by Gasteiger charge is -2.32. The van der Waals surface area contributed by atoms with Gasteiger partial charge in [0.05, 0.1) is 42.1 Å². The van der Waals surface area contributed by atoms with Crippen molar-refractivity contribution in [2.24, 2.45) is 0 Å². The normalized spacial score (nSPS) is 17.5. The number of aromatic nitrogens is 4. The van der Waals surface area contributed by atoms with Gasteiger partial charge in [0.1, 0.15) is 17.1 Å². The SMILES string of the molecule is Cc1ccccc1Cn1nc(C)c(NC(=O)c2cnn3c2N[C@H](c2ccco2)C[C@@H]3C(F)(F)F)c1C. The van der Waals surface area contributed by atoms with Gasteiger partial charge in [-0.05, 0) is 44.0 Å². The number of carbonyl (C=O) groups is 1. The molecule has 1 aliphatic heterocycles. The molecule has 0 unspecified atom stereocenters. The van der Waals surface area contributed by atoms with Crippen molar-refractivity contribution in [3.05, 3.63) is 82.7 Å². The van der Waals surface area contributed by atoms with Crippen LogP contribution >= 0.6 is 0 Å². The number of furan rings is 1. The van der Waals surface area contributed by atoms with Gasteiger partial charge in [0.2, 0.25) is 0 Å². The van der Waals surface area contributed by atoms with E-state index in [2.05, 4.69) is 20.8 Å². The average molecular weight is 499 g/mol. The van der Waals surface area contributed by atoms with E-state index in [0.717, 1.165) is 27.7 Å². The van der Waals surface area contributed by atoms with E-state index in [4.69, 9.17) is 4.42 Å². The Morgan fingerprint density at radius 2 is 1.97 bits per heavy atom. The van der Waals surface area contributed by atoms with E-state index in [0.29, 0.717) is 23.7 Å². The first kappa shape index (κ1) is 23.7. The summed E-state index contributed by atoms with van der Waals surface area (Å²) in [5, 5.41) is 14.3. The van der Waals surface area contributed by atoms with Crippen LogP contribution in [0.15, 0.2) is 53.3 Å². The fourth-order valence-corrected chi connectivity index (χ4v) is 4.57. The Morgan fingerprint density at radius 1 is 1.19 bits per heavy atom. The summed E-state index contributed by atoms with van der Waals surface area (Å²) in [6.07, 6.45) is -2.30. The summed E-state index contributed by atoms with van der Waals surface area (Å²) in [4.78, 5) is 13.3. The Labute approximate surface area is 205 Å². The highest BCUT2D eigenvalue weighted by Crippen LogP contribution is 2.44. The van der Waals surface area contributed by atoms with Gasteiger partial charge in [-0.3, -0.25) is 9.48 Å². The van der Waals surface area contributed by atoms with Crippen LogP contribution in [0.5, 0.6) is 0 Å². The molecule has 4 heterocycles. The number of rotatable bonds is 5. The molecule has 1 amide bonds. The Hall–Kier alpha value is -4.02.